The number of carbonyl (C=O) groups is 2. The number of amides is 2. The van der Waals surface area contributed by atoms with E-state index >= 15 is 0 Å². The number of imidazole rings is 1. The van der Waals surface area contributed by atoms with Crippen molar-refractivity contribution in [1.29, 1.82) is 0 Å². The maximum Gasteiger partial charge on any atom is 0.272 e. The quantitative estimate of drug-likeness (QED) is 0.377. The standard InChI is InChI=1S/C29H29N5O4S/c1-5-28(3,4)29-15-24-25(35)31-23(26(36)34(24)27(29)32-22-9-7-6-8-21(22)29)14-19-16-33(17-30-19)39(37,38)20-12-10-18(2)11-13-20/h5-14,16-17,24,27,32H,1,15H2,2-4H3,(H,31,35)/b23-14-/t24-,27-,29+/m0/s1. The number of piperazine rings is 1. The zero-order chi connectivity index (χ0) is 27.7. The number of fused-ring (bicyclic) bond motifs is 5. The van der Waals surface area contributed by atoms with Gasteiger partial charge in [0.1, 0.15) is 24.2 Å². The van der Waals surface area contributed by atoms with E-state index < -0.39 is 33.1 Å². The fourth-order valence-corrected chi connectivity index (χ4v) is 7.30. The Balaban J connectivity index is 1.36. The lowest BCUT2D eigenvalue weighted by Crippen LogP contribution is -2.59. The molecule has 3 atom stereocenters. The van der Waals surface area contributed by atoms with Crippen LogP contribution in [0.3, 0.4) is 0 Å². The lowest BCUT2D eigenvalue weighted by atomic mass is 9.60. The van der Waals surface area contributed by atoms with Crippen LogP contribution >= 0.6 is 0 Å². The minimum atomic E-state index is -3.86. The molecule has 2 amide bonds. The summed E-state index contributed by atoms with van der Waals surface area (Å²) in [6.07, 6.45) is 5.79. The van der Waals surface area contributed by atoms with Crippen LogP contribution in [0.4, 0.5) is 5.69 Å². The van der Waals surface area contributed by atoms with Crippen LogP contribution < -0.4 is 10.6 Å². The molecule has 2 aromatic carbocycles. The van der Waals surface area contributed by atoms with Gasteiger partial charge in [0.25, 0.3) is 15.9 Å². The van der Waals surface area contributed by atoms with Gasteiger partial charge in [-0.2, -0.15) is 0 Å². The first-order valence-corrected chi connectivity index (χ1v) is 14.1. The second-order valence-corrected chi connectivity index (χ2v) is 12.8. The second-order valence-electron chi connectivity index (χ2n) is 10.9. The molecule has 2 N–H and O–H groups in total. The molecule has 2 fully saturated rings. The minimum Gasteiger partial charge on any atom is -0.364 e. The zero-order valence-corrected chi connectivity index (χ0v) is 22.7. The van der Waals surface area contributed by atoms with Crippen LogP contribution in [0.2, 0.25) is 0 Å². The molecule has 0 unspecified atom stereocenters. The molecular weight excluding hydrogens is 514 g/mol. The molecule has 0 spiro atoms. The number of hydrogen-bond acceptors (Lipinski definition) is 6. The highest BCUT2D eigenvalue weighted by molar-refractivity contribution is 7.90. The monoisotopic (exact) mass is 543 g/mol. The van der Waals surface area contributed by atoms with Gasteiger partial charge in [-0.15, -0.1) is 6.58 Å². The van der Waals surface area contributed by atoms with Crippen molar-refractivity contribution in [3.63, 3.8) is 0 Å². The third-order valence-corrected chi connectivity index (χ3v) is 10.1. The summed E-state index contributed by atoms with van der Waals surface area (Å²) in [6, 6.07) is 13.8. The highest BCUT2D eigenvalue weighted by atomic mass is 32.2. The normalized spacial score (nSPS) is 25.1. The summed E-state index contributed by atoms with van der Waals surface area (Å²) in [4.78, 5) is 33.2. The molecule has 0 bridgehead atoms. The summed E-state index contributed by atoms with van der Waals surface area (Å²) < 4.78 is 27.1. The molecule has 1 aromatic heterocycles. The van der Waals surface area contributed by atoms with Gasteiger partial charge in [0.15, 0.2) is 0 Å². The van der Waals surface area contributed by atoms with Gasteiger partial charge in [-0.25, -0.2) is 17.4 Å². The number of carbonyl (C=O) groups excluding carboxylic acids is 2. The molecule has 4 heterocycles. The minimum absolute atomic E-state index is 0.0409. The predicted octanol–water partition coefficient (Wildman–Crippen LogP) is 3.40. The Bertz CT molecular complexity index is 1670. The lowest BCUT2D eigenvalue weighted by Gasteiger charge is -2.43. The first-order chi connectivity index (χ1) is 18.5. The van der Waals surface area contributed by atoms with Crippen LogP contribution in [0, 0.1) is 12.3 Å². The van der Waals surface area contributed by atoms with Crippen LogP contribution in [0.1, 0.15) is 37.1 Å². The molecule has 3 aromatic rings. The molecular formula is C29H29N5O4S. The molecule has 0 aliphatic carbocycles. The number of aromatic nitrogens is 2. The van der Waals surface area contributed by atoms with E-state index in [0.29, 0.717) is 6.42 Å². The molecule has 10 heteroatoms. The van der Waals surface area contributed by atoms with E-state index in [0.717, 1.165) is 20.8 Å². The van der Waals surface area contributed by atoms with Crippen molar-refractivity contribution in [3.8, 4) is 0 Å². The fourth-order valence-electron chi connectivity index (χ4n) is 6.16. The SMILES string of the molecule is C=CC(C)(C)[C@@]12C[C@H]3C(=O)N/C(=C\c4cn(S(=O)(=O)c5ccc(C)cc5)cn4)C(=O)N3[C@@H]1Nc1ccccc12. The van der Waals surface area contributed by atoms with E-state index in [1.54, 1.807) is 17.0 Å². The number of nitrogens with zero attached hydrogens (tertiary/aromatic N) is 3. The van der Waals surface area contributed by atoms with Crippen molar-refractivity contribution in [2.75, 3.05) is 5.32 Å². The highest BCUT2D eigenvalue weighted by Crippen LogP contribution is 2.60. The van der Waals surface area contributed by atoms with Crippen LogP contribution in [0.15, 0.2) is 84.3 Å². The molecule has 200 valence electrons. The number of aryl methyl sites for hydroxylation is 1. The maximum atomic E-state index is 13.9. The molecule has 0 saturated carbocycles. The van der Waals surface area contributed by atoms with E-state index in [4.69, 9.17) is 0 Å². The predicted molar refractivity (Wildman–Crippen MR) is 147 cm³/mol. The zero-order valence-electron chi connectivity index (χ0n) is 21.9. The Hall–Kier alpha value is -4.18. The first-order valence-electron chi connectivity index (χ1n) is 12.7. The summed E-state index contributed by atoms with van der Waals surface area (Å²) in [6.45, 7) is 10.1. The van der Waals surface area contributed by atoms with Crippen LogP contribution in [-0.4, -0.2) is 46.3 Å². The molecule has 39 heavy (non-hydrogen) atoms. The summed E-state index contributed by atoms with van der Waals surface area (Å²) >= 11 is 0. The van der Waals surface area contributed by atoms with E-state index in [1.807, 2.05) is 37.3 Å². The van der Waals surface area contributed by atoms with Gasteiger partial charge in [0.05, 0.1) is 10.6 Å². The largest absolute Gasteiger partial charge is 0.364 e. The van der Waals surface area contributed by atoms with Crippen molar-refractivity contribution in [2.45, 2.75) is 49.7 Å². The van der Waals surface area contributed by atoms with Crippen LogP contribution in [0.25, 0.3) is 6.08 Å². The molecule has 3 aliphatic rings. The van der Waals surface area contributed by atoms with Gasteiger partial charge in [-0.3, -0.25) is 9.59 Å². The number of hydrogen-bond donors (Lipinski definition) is 2. The summed E-state index contributed by atoms with van der Waals surface area (Å²) in [5.74, 6) is -0.650. The van der Waals surface area contributed by atoms with E-state index in [-0.39, 0.29) is 28.1 Å². The average molecular weight is 544 g/mol. The van der Waals surface area contributed by atoms with E-state index in [9.17, 15) is 18.0 Å². The second kappa shape index (κ2) is 8.41. The molecule has 0 radical (unpaired) electrons. The summed E-state index contributed by atoms with van der Waals surface area (Å²) in [5, 5.41) is 6.26. The van der Waals surface area contributed by atoms with E-state index in [1.165, 1.54) is 30.7 Å². The summed E-state index contributed by atoms with van der Waals surface area (Å²) in [7, 11) is -3.86. The van der Waals surface area contributed by atoms with Gasteiger partial charge >= 0.3 is 0 Å². The fraction of sp³-hybridized carbons (Fsp3) is 0.276. The Kier molecular flexibility index (Phi) is 5.42. The molecule has 9 nitrogen and oxygen atoms in total. The third kappa shape index (κ3) is 3.51. The molecule has 2 saturated heterocycles. The van der Waals surface area contributed by atoms with Crippen LogP contribution in [0.5, 0.6) is 0 Å². The van der Waals surface area contributed by atoms with E-state index in [2.05, 4.69) is 36.0 Å². The number of allylic oxidation sites excluding steroid dienone is 1. The summed E-state index contributed by atoms with van der Waals surface area (Å²) in [5.41, 5.74) is 2.19. The maximum absolute atomic E-state index is 13.9. The Morgan fingerprint density at radius 1 is 1.13 bits per heavy atom. The molecule has 6 rings (SSSR count). The smallest absolute Gasteiger partial charge is 0.272 e. The van der Waals surface area contributed by atoms with Gasteiger partial charge in [0.2, 0.25) is 5.91 Å². The average Bonchev–Trinajstić information content (AvgIpc) is 3.60. The molecule has 3 aliphatic heterocycles. The first kappa shape index (κ1) is 25.1. The topological polar surface area (TPSA) is 113 Å². The lowest BCUT2D eigenvalue weighted by molar-refractivity contribution is -0.141. The Morgan fingerprint density at radius 2 is 1.85 bits per heavy atom. The number of nitrogens with one attached hydrogen (secondary N) is 2. The van der Waals surface area contributed by atoms with Gasteiger partial charge < -0.3 is 15.5 Å². The Morgan fingerprint density at radius 3 is 2.56 bits per heavy atom. The Labute approximate surface area is 227 Å². The van der Waals surface area contributed by atoms with Crippen molar-refractivity contribution in [3.05, 3.63) is 96.2 Å². The number of rotatable bonds is 5. The number of para-hydroxylation sites is 1. The van der Waals surface area contributed by atoms with Crippen molar-refractivity contribution < 1.29 is 18.0 Å². The van der Waals surface area contributed by atoms with Crippen molar-refractivity contribution in [2.24, 2.45) is 5.41 Å². The van der Waals surface area contributed by atoms with Crippen molar-refractivity contribution >= 4 is 33.6 Å². The third-order valence-electron chi connectivity index (χ3n) is 8.45. The van der Waals surface area contributed by atoms with Crippen molar-refractivity contribution in [1.82, 2.24) is 19.2 Å². The van der Waals surface area contributed by atoms with Crippen LogP contribution in [-0.2, 0) is 25.0 Å². The van der Waals surface area contributed by atoms with Gasteiger partial charge in [-0.1, -0.05) is 55.8 Å². The van der Waals surface area contributed by atoms with Gasteiger partial charge in [-0.05, 0) is 48.6 Å². The highest BCUT2D eigenvalue weighted by Gasteiger charge is 2.66. The van der Waals surface area contributed by atoms with Gasteiger partial charge in [0, 0.05) is 17.3 Å². The number of anilines is 1. The number of benzene rings is 2.